The van der Waals surface area contributed by atoms with Crippen molar-refractivity contribution in [2.24, 2.45) is 0 Å². The molecule has 0 spiro atoms. The Labute approximate surface area is 103 Å². The predicted octanol–water partition coefficient (Wildman–Crippen LogP) is 3.30. The van der Waals surface area contributed by atoms with Gasteiger partial charge in [-0.3, -0.25) is 4.79 Å². The summed E-state index contributed by atoms with van der Waals surface area (Å²) in [4.78, 5) is 11.2. The van der Waals surface area contributed by atoms with E-state index in [1.807, 2.05) is 31.2 Å². The topological polar surface area (TPSA) is 29.1 Å². The lowest BCUT2D eigenvalue weighted by Gasteiger charge is -2.15. The lowest BCUT2D eigenvalue weighted by molar-refractivity contribution is -0.120. The van der Waals surface area contributed by atoms with Gasteiger partial charge in [0.1, 0.15) is 0 Å². The SMILES string of the molecule is CC(Br)C(=O)N[C@@H](C)c1cccc(Cl)c1. The average Bonchev–Trinajstić information content (AvgIpc) is 2.17. The van der Waals surface area contributed by atoms with Gasteiger partial charge >= 0.3 is 0 Å². The quantitative estimate of drug-likeness (QED) is 0.850. The van der Waals surface area contributed by atoms with Crippen LogP contribution in [0.4, 0.5) is 0 Å². The van der Waals surface area contributed by atoms with Crippen molar-refractivity contribution in [1.29, 1.82) is 0 Å². The number of rotatable bonds is 3. The van der Waals surface area contributed by atoms with Crippen LogP contribution in [0.3, 0.4) is 0 Å². The van der Waals surface area contributed by atoms with Gasteiger partial charge in [0.05, 0.1) is 10.9 Å². The average molecular weight is 291 g/mol. The summed E-state index contributed by atoms with van der Waals surface area (Å²) in [6, 6.07) is 7.45. The lowest BCUT2D eigenvalue weighted by atomic mass is 10.1. The molecule has 0 aliphatic heterocycles. The van der Waals surface area contributed by atoms with Crippen LogP contribution in [0.1, 0.15) is 25.5 Å². The zero-order valence-corrected chi connectivity index (χ0v) is 11.0. The lowest BCUT2D eigenvalue weighted by Crippen LogP contribution is -2.31. The molecular formula is C11H13BrClNO. The Balaban J connectivity index is 2.69. The van der Waals surface area contributed by atoms with Crippen LogP contribution in [0.2, 0.25) is 5.02 Å². The van der Waals surface area contributed by atoms with Crippen molar-refractivity contribution in [2.75, 3.05) is 0 Å². The highest BCUT2D eigenvalue weighted by Gasteiger charge is 2.13. The molecule has 1 unspecified atom stereocenters. The molecule has 0 bridgehead atoms. The van der Waals surface area contributed by atoms with Gasteiger partial charge in [0.2, 0.25) is 5.91 Å². The summed E-state index contributed by atoms with van der Waals surface area (Å²) in [7, 11) is 0. The van der Waals surface area contributed by atoms with Crippen LogP contribution in [-0.2, 0) is 4.79 Å². The summed E-state index contributed by atoms with van der Waals surface area (Å²) in [6.45, 7) is 3.72. The largest absolute Gasteiger partial charge is 0.349 e. The third-order valence-electron chi connectivity index (χ3n) is 2.07. The second-order valence-corrected chi connectivity index (χ2v) is 5.21. The zero-order valence-electron chi connectivity index (χ0n) is 8.63. The van der Waals surface area contributed by atoms with Crippen molar-refractivity contribution in [3.8, 4) is 0 Å². The molecule has 2 atom stereocenters. The van der Waals surface area contributed by atoms with Gasteiger partial charge in [0.15, 0.2) is 0 Å². The van der Waals surface area contributed by atoms with Crippen LogP contribution in [0, 0.1) is 0 Å². The van der Waals surface area contributed by atoms with Crippen LogP contribution < -0.4 is 5.32 Å². The molecule has 4 heteroatoms. The Morgan fingerprint density at radius 2 is 2.13 bits per heavy atom. The fourth-order valence-electron chi connectivity index (χ4n) is 1.19. The first kappa shape index (κ1) is 12.5. The summed E-state index contributed by atoms with van der Waals surface area (Å²) in [5.41, 5.74) is 1.00. The Hall–Kier alpha value is -0.540. The minimum Gasteiger partial charge on any atom is -0.349 e. The Morgan fingerprint density at radius 3 is 2.67 bits per heavy atom. The van der Waals surface area contributed by atoms with Gasteiger partial charge < -0.3 is 5.32 Å². The van der Waals surface area contributed by atoms with Crippen molar-refractivity contribution in [3.05, 3.63) is 34.9 Å². The monoisotopic (exact) mass is 289 g/mol. The van der Waals surface area contributed by atoms with E-state index in [0.717, 1.165) is 5.56 Å². The smallest absolute Gasteiger partial charge is 0.233 e. The third-order valence-corrected chi connectivity index (χ3v) is 2.72. The third kappa shape index (κ3) is 3.84. The summed E-state index contributed by atoms with van der Waals surface area (Å²) < 4.78 is 0. The van der Waals surface area contributed by atoms with E-state index in [4.69, 9.17) is 11.6 Å². The van der Waals surface area contributed by atoms with E-state index in [2.05, 4.69) is 21.2 Å². The van der Waals surface area contributed by atoms with Gasteiger partial charge in [-0.1, -0.05) is 39.7 Å². The maximum atomic E-state index is 11.4. The number of hydrogen-bond donors (Lipinski definition) is 1. The molecule has 1 aromatic carbocycles. The van der Waals surface area contributed by atoms with Crippen LogP contribution in [0.25, 0.3) is 0 Å². The molecule has 1 N–H and O–H groups in total. The Kier molecular flexibility index (Phi) is 4.61. The number of nitrogens with one attached hydrogen (secondary N) is 1. The van der Waals surface area contributed by atoms with Crippen molar-refractivity contribution < 1.29 is 4.79 Å². The maximum Gasteiger partial charge on any atom is 0.233 e. The Bertz CT molecular complexity index is 354. The number of alkyl halides is 1. The molecule has 82 valence electrons. The second kappa shape index (κ2) is 5.52. The minimum absolute atomic E-state index is 0.0255. The van der Waals surface area contributed by atoms with Gasteiger partial charge in [-0.05, 0) is 31.5 Å². The molecule has 0 fully saturated rings. The normalized spacial score (nSPS) is 14.4. The van der Waals surface area contributed by atoms with Gasteiger partial charge in [0, 0.05) is 5.02 Å². The molecule has 0 aliphatic rings. The highest BCUT2D eigenvalue weighted by molar-refractivity contribution is 9.10. The van der Waals surface area contributed by atoms with Crippen molar-refractivity contribution in [2.45, 2.75) is 24.7 Å². The summed E-state index contributed by atoms with van der Waals surface area (Å²) in [5.74, 6) is -0.0255. The molecule has 1 amide bonds. The van der Waals surface area contributed by atoms with Crippen molar-refractivity contribution in [3.63, 3.8) is 0 Å². The summed E-state index contributed by atoms with van der Waals surface area (Å²) in [6.07, 6.45) is 0. The van der Waals surface area contributed by atoms with E-state index in [-0.39, 0.29) is 16.8 Å². The number of benzene rings is 1. The molecule has 0 saturated carbocycles. The first-order valence-electron chi connectivity index (χ1n) is 4.70. The maximum absolute atomic E-state index is 11.4. The van der Waals surface area contributed by atoms with E-state index in [9.17, 15) is 4.79 Å². The molecular weight excluding hydrogens is 277 g/mol. The summed E-state index contributed by atoms with van der Waals surface area (Å²) >= 11 is 9.08. The molecule has 0 aliphatic carbocycles. The molecule has 0 saturated heterocycles. The first-order chi connectivity index (χ1) is 7.00. The van der Waals surface area contributed by atoms with Crippen LogP contribution in [0.15, 0.2) is 24.3 Å². The first-order valence-corrected chi connectivity index (χ1v) is 6.00. The minimum atomic E-state index is -0.181. The van der Waals surface area contributed by atoms with Gasteiger partial charge in [-0.25, -0.2) is 0 Å². The van der Waals surface area contributed by atoms with Gasteiger partial charge in [0.25, 0.3) is 0 Å². The van der Waals surface area contributed by atoms with Crippen LogP contribution in [-0.4, -0.2) is 10.7 Å². The van der Waals surface area contributed by atoms with Crippen LogP contribution in [0.5, 0.6) is 0 Å². The molecule has 0 aromatic heterocycles. The fraction of sp³-hybridized carbons (Fsp3) is 0.364. The molecule has 0 heterocycles. The number of amides is 1. The molecule has 0 radical (unpaired) electrons. The number of carbonyl (C=O) groups is 1. The number of hydrogen-bond acceptors (Lipinski definition) is 1. The molecule has 2 nitrogen and oxygen atoms in total. The fourth-order valence-corrected chi connectivity index (χ4v) is 1.52. The van der Waals surface area contributed by atoms with Crippen molar-refractivity contribution >= 4 is 33.4 Å². The highest BCUT2D eigenvalue weighted by Crippen LogP contribution is 2.17. The highest BCUT2D eigenvalue weighted by atomic mass is 79.9. The Morgan fingerprint density at radius 1 is 1.47 bits per heavy atom. The van der Waals surface area contributed by atoms with Crippen LogP contribution >= 0.6 is 27.5 Å². The van der Waals surface area contributed by atoms with E-state index < -0.39 is 0 Å². The van der Waals surface area contributed by atoms with E-state index in [1.165, 1.54) is 0 Å². The summed E-state index contributed by atoms with van der Waals surface area (Å²) in [5, 5.41) is 3.56. The van der Waals surface area contributed by atoms with E-state index in [1.54, 1.807) is 6.92 Å². The predicted molar refractivity (Wildman–Crippen MR) is 66.4 cm³/mol. The van der Waals surface area contributed by atoms with E-state index in [0.29, 0.717) is 5.02 Å². The van der Waals surface area contributed by atoms with E-state index >= 15 is 0 Å². The molecule has 1 aromatic rings. The number of carbonyl (C=O) groups excluding carboxylic acids is 1. The zero-order chi connectivity index (χ0) is 11.4. The molecule has 1 rings (SSSR count). The second-order valence-electron chi connectivity index (χ2n) is 3.40. The van der Waals surface area contributed by atoms with Gasteiger partial charge in [-0.2, -0.15) is 0 Å². The number of halogens is 2. The van der Waals surface area contributed by atoms with Crippen molar-refractivity contribution in [1.82, 2.24) is 5.32 Å². The van der Waals surface area contributed by atoms with Gasteiger partial charge in [-0.15, -0.1) is 0 Å². The molecule has 15 heavy (non-hydrogen) atoms. The standard InChI is InChI=1S/C11H13BrClNO/c1-7(12)11(15)14-8(2)9-4-3-5-10(13)6-9/h3-8H,1-2H3,(H,14,15)/t7?,8-/m0/s1.